The molecule has 0 spiro atoms. The number of ether oxygens (including phenoxy) is 3. The van der Waals surface area contributed by atoms with Crippen LogP contribution >= 0.6 is 0 Å². The van der Waals surface area contributed by atoms with E-state index in [1.165, 1.54) is 10.8 Å². The predicted octanol–water partition coefficient (Wildman–Crippen LogP) is 6.67. The number of alkyl halides is 3. The van der Waals surface area contributed by atoms with Crippen LogP contribution in [0, 0.1) is 11.6 Å². The summed E-state index contributed by atoms with van der Waals surface area (Å²) in [5.74, 6) is -3.81. The lowest BCUT2D eigenvalue weighted by atomic mass is 10.0. The fraction of sp³-hybridized carbons (Fsp3) is 0.517. The topological polar surface area (TPSA) is 89.9 Å². The van der Waals surface area contributed by atoms with Gasteiger partial charge in [0, 0.05) is 70.1 Å². The molecular weight excluding hydrogens is 605 g/mol. The molecule has 242 valence electrons. The number of morpholine rings is 1. The largest absolute Gasteiger partial charge is 0.450 e. The SMILES string of the molecule is CC(C)(CNC(=O)Nc1cc(F)c(Oc2ccnc3c2c(C(F)(F)F)cn3COCC[Si](C)(C)C)c(F)c1)N1CCOCC1. The summed E-state index contributed by atoms with van der Waals surface area (Å²) < 4.78 is 89.9. The van der Waals surface area contributed by atoms with E-state index >= 15 is 8.78 Å². The molecule has 2 N–H and O–H groups in total. The van der Waals surface area contributed by atoms with E-state index in [0.29, 0.717) is 32.9 Å². The second kappa shape index (κ2) is 13.4. The van der Waals surface area contributed by atoms with Crippen LogP contribution in [-0.4, -0.2) is 73.5 Å². The van der Waals surface area contributed by atoms with Crippen molar-refractivity contribution in [1.82, 2.24) is 19.8 Å². The molecule has 1 aliphatic heterocycles. The molecule has 1 aromatic carbocycles. The summed E-state index contributed by atoms with van der Waals surface area (Å²) in [6.07, 6.45) is -2.78. The number of nitrogens with zero attached hydrogens (tertiary/aromatic N) is 3. The number of pyridine rings is 1. The van der Waals surface area contributed by atoms with Crippen LogP contribution in [0.4, 0.5) is 32.4 Å². The summed E-state index contributed by atoms with van der Waals surface area (Å²) in [7, 11) is -1.42. The van der Waals surface area contributed by atoms with Gasteiger partial charge in [-0.2, -0.15) is 13.2 Å². The molecule has 0 bridgehead atoms. The van der Waals surface area contributed by atoms with Gasteiger partial charge in [0.1, 0.15) is 18.1 Å². The monoisotopic (exact) mass is 643 g/mol. The van der Waals surface area contributed by atoms with Crippen LogP contribution in [0.25, 0.3) is 11.0 Å². The van der Waals surface area contributed by atoms with E-state index in [-0.39, 0.29) is 30.1 Å². The number of rotatable bonds is 11. The molecule has 0 saturated carbocycles. The zero-order valence-electron chi connectivity index (χ0n) is 25.4. The maximum atomic E-state index is 15.1. The van der Waals surface area contributed by atoms with Gasteiger partial charge < -0.3 is 29.4 Å². The van der Waals surface area contributed by atoms with Crippen molar-refractivity contribution in [2.75, 3.05) is 44.8 Å². The van der Waals surface area contributed by atoms with E-state index in [2.05, 4.69) is 40.2 Å². The number of aromatic nitrogens is 2. The molecule has 15 heteroatoms. The van der Waals surface area contributed by atoms with Crippen molar-refractivity contribution >= 4 is 30.8 Å². The number of amides is 2. The Morgan fingerprint density at radius 3 is 2.39 bits per heavy atom. The molecule has 3 heterocycles. The first-order chi connectivity index (χ1) is 20.5. The van der Waals surface area contributed by atoms with Gasteiger partial charge in [-0.3, -0.25) is 4.90 Å². The molecule has 0 unspecified atom stereocenters. The summed E-state index contributed by atoms with van der Waals surface area (Å²) in [4.78, 5) is 18.7. The van der Waals surface area contributed by atoms with Gasteiger partial charge in [-0.1, -0.05) is 19.6 Å². The van der Waals surface area contributed by atoms with E-state index < -0.39 is 54.4 Å². The molecule has 0 aliphatic carbocycles. The van der Waals surface area contributed by atoms with Gasteiger partial charge >= 0.3 is 12.2 Å². The van der Waals surface area contributed by atoms with Crippen molar-refractivity contribution < 1.29 is 41.0 Å². The van der Waals surface area contributed by atoms with Crippen molar-refractivity contribution in [2.45, 2.75) is 58.0 Å². The third-order valence-electron chi connectivity index (χ3n) is 7.27. The molecule has 4 rings (SSSR count). The number of anilines is 1. The fourth-order valence-corrected chi connectivity index (χ4v) is 5.47. The normalized spacial score (nSPS) is 15.0. The van der Waals surface area contributed by atoms with Crippen molar-refractivity contribution in [1.29, 1.82) is 0 Å². The van der Waals surface area contributed by atoms with Crippen molar-refractivity contribution in [3.63, 3.8) is 0 Å². The first-order valence-corrected chi connectivity index (χ1v) is 17.9. The quantitative estimate of drug-likeness (QED) is 0.138. The summed E-state index contributed by atoms with van der Waals surface area (Å²) >= 11 is 0. The van der Waals surface area contributed by atoms with Gasteiger partial charge in [0.25, 0.3) is 0 Å². The maximum Gasteiger partial charge on any atom is 0.418 e. The predicted molar refractivity (Wildman–Crippen MR) is 159 cm³/mol. The molecular formula is C29H38F5N5O4Si. The molecule has 1 saturated heterocycles. The van der Waals surface area contributed by atoms with Crippen LogP contribution in [0.3, 0.4) is 0 Å². The number of nitrogens with one attached hydrogen (secondary N) is 2. The van der Waals surface area contributed by atoms with E-state index in [1.54, 1.807) is 0 Å². The first-order valence-electron chi connectivity index (χ1n) is 14.2. The van der Waals surface area contributed by atoms with Crippen LogP contribution in [0.5, 0.6) is 11.5 Å². The highest BCUT2D eigenvalue weighted by Gasteiger charge is 2.37. The zero-order valence-corrected chi connectivity index (χ0v) is 26.4. The Bertz CT molecular complexity index is 1450. The van der Waals surface area contributed by atoms with Gasteiger partial charge in [-0.05, 0) is 26.0 Å². The van der Waals surface area contributed by atoms with Crippen molar-refractivity contribution in [3.05, 3.63) is 47.8 Å². The first kappa shape index (κ1) is 33.6. The number of halogens is 5. The fourth-order valence-electron chi connectivity index (χ4n) is 4.72. The Kier molecular flexibility index (Phi) is 10.2. The average Bonchev–Trinajstić information content (AvgIpc) is 3.32. The molecule has 1 aliphatic rings. The average molecular weight is 644 g/mol. The van der Waals surface area contributed by atoms with Crippen molar-refractivity contribution in [3.8, 4) is 11.5 Å². The van der Waals surface area contributed by atoms with E-state index in [0.717, 1.165) is 30.4 Å². The maximum absolute atomic E-state index is 15.1. The Morgan fingerprint density at radius 2 is 1.77 bits per heavy atom. The van der Waals surface area contributed by atoms with Crippen LogP contribution in [0.1, 0.15) is 19.4 Å². The molecule has 2 aromatic heterocycles. The molecule has 2 amide bonds. The Morgan fingerprint density at radius 1 is 1.11 bits per heavy atom. The van der Waals surface area contributed by atoms with Crippen LogP contribution in [0.2, 0.25) is 25.7 Å². The highest BCUT2D eigenvalue weighted by atomic mass is 28.3. The van der Waals surface area contributed by atoms with Gasteiger partial charge in [-0.25, -0.2) is 18.6 Å². The lowest BCUT2D eigenvalue weighted by Gasteiger charge is -2.40. The minimum absolute atomic E-state index is 0.112. The second-order valence-corrected chi connectivity index (χ2v) is 18.1. The minimum Gasteiger partial charge on any atom is -0.450 e. The van der Waals surface area contributed by atoms with Crippen molar-refractivity contribution in [2.24, 2.45) is 0 Å². The van der Waals surface area contributed by atoms with Gasteiger partial charge in [0.05, 0.1) is 24.2 Å². The number of hydrogen-bond acceptors (Lipinski definition) is 6. The Balaban J connectivity index is 1.50. The second-order valence-electron chi connectivity index (χ2n) is 12.5. The third-order valence-corrected chi connectivity index (χ3v) is 8.97. The molecule has 9 nitrogen and oxygen atoms in total. The Labute approximate surface area is 253 Å². The number of hydrogen-bond donors (Lipinski definition) is 2. The molecule has 0 atom stereocenters. The van der Waals surface area contributed by atoms with Gasteiger partial charge in [0.2, 0.25) is 0 Å². The smallest absolute Gasteiger partial charge is 0.418 e. The van der Waals surface area contributed by atoms with E-state index in [4.69, 9.17) is 14.2 Å². The lowest BCUT2D eigenvalue weighted by molar-refractivity contribution is -0.136. The van der Waals surface area contributed by atoms with Crippen LogP contribution < -0.4 is 15.4 Å². The molecule has 3 aromatic rings. The standard InChI is InChI=1S/C29H38F5N5O4Si/c1-28(2,39-8-10-41-11-9-39)17-36-27(40)37-19-14-21(30)25(22(31)15-19)43-23-6-7-35-26-24(23)20(29(32,33)34)16-38(26)18-42-12-13-44(3,4)5/h6-7,14-16H,8-13,17-18H2,1-5H3,(H2,36,37,40). The van der Waals surface area contributed by atoms with E-state index in [1.807, 2.05) is 13.8 Å². The third kappa shape index (κ3) is 8.46. The zero-order chi connectivity index (χ0) is 32.3. The lowest BCUT2D eigenvalue weighted by Crippen LogP contribution is -2.55. The number of carbonyl (C=O) groups is 1. The van der Waals surface area contributed by atoms with Crippen LogP contribution in [-0.2, 0) is 22.4 Å². The number of urea groups is 1. The number of benzene rings is 1. The highest BCUT2D eigenvalue weighted by molar-refractivity contribution is 6.76. The summed E-state index contributed by atoms with van der Waals surface area (Å²) in [6.45, 7) is 13.4. The molecule has 0 radical (unpaired) electrons. The molecule has 1 fully saturated rings. The summed E-state index contributed by atoms with van der Waals surface area (Å²) in [5.41, 5.74) is -1.79. The molecule has 44 heavy (non-hydrogen) atoms. The Hall–Kier alpha value is -3.27. The van der Waals surface area contributed by atoms with E-state index in [9.17, 15) is 18.0 Å². The minimum atomic E-state index is -4.81. The number of carbonyl (C=O) groups excluding carboxylic acids is 1. The summed E-state index contributed by atoms with van der Waals surface area (Å²) in [5, 5.41) is 4.62. The summed E-state index contributed by atoms with van der Waals surface area (Å²) in [6, 6.07) is 2.88. The number of fused-ring (bicyclic) bond motifs is 1. The van der Waals surface area contributed by atoms with Crippen LogP contribution in [0.15, 0.2) is 30.6 Å². The highest BCUT2D eigenvalue weighted by Crippen LogP contribution is 2.42. The van der Waals surface area contributed by atoms with Gasteiger partial charge in [-0.15, -0.1) is 0 Å². The van der Waals surface area contributed by atoms with Gasteiger partial charge in [0.15, 0.2) is 17.4 Å².